The van der Waals surface area contributed by atoms with Gasteiger partial charge in [-0.1, -0.05) is 35.9 Å². The second-order valence-electron chi connectivity index (χ2n) is 8.45. The Hall–Kier alpha value is -3.69. The summed E-state index contributed by atoms with van der Waals surface area (Å²) in [6.07, 6.45) is 9.33. The van der Waals surface area contributed by atoms with E-state index in [1.807, 2.05) is 65.1 Å². The van der Waals surface area contributed by atoms with E-state index in [1.165, 1.54) is 0 Å². The van der Waals surface area contributed by atoms with E-state index in [-0.39, 0.29) is 0 Å². The van der Waals surface area contributed by atoms with Gasteiger partial charge in [0.15, 0.2) is 11.6 Å². The Balaban J connectivity index is 1.45. The molecule has 0 saturated heterocycles. The molecule has 0 aliphatic carbocycles. The van der Waals surface area contributed by atoms with Crippen molar-refractivity contribution in [2.24, 2.45) is 0 Å². The Bertz CT molecular complexity index is 1390. The number of benzene rings is 2. The summed E-state index contributed by atoms with van der Waals surface area (Å²) in [4.78, 5) is 9.09. The van der Waals surface area contributed by atoms with Crippen LogP contribution in [0.15, 0.2) is 55.0 Å². The monoisotopic (exact) mass is 454 g/mol. The van der Waals surface area contributed by atoms with Crippen LogP contribution in [-0.4, -0.2) is 24.3 Å². The molecule has 5 rings (SSSR count). The molecule has 3 heterocycles. The molecule has 0 bridgehead atoms. The first kappa shape index (κ1) is 21.2. The zero-order valence-electron chi connectivity index (χ0n) is 18.5. The van der Waals surface area contributed by atoms with Crippen LogP contribution < -0.4 is 0 Å². The van der Waals surface area contributed by atoms with Crippen molar-refractivity contribution >= 4 is 23.8 Å². The third kappa shape index (κ3) is 3.85. The van der Waals surface area contributed by atoms with E-state index in [2.05, 4.69) is 41.3 Å². The lowest BCUT2D eigenvalue weighted by Crippen LogP contribution is -2.34. The summed E-state index contributed by atoms with van der Waals surface area (Å²) < 4.78 is 3.90. The first-order valence-corrected chi connectivity index (χ1v) is 11.3. The number of aryl methyl sites for hydroxylation is 3. The zero-order valence-corrected chi connectivity index (χ0v) is 19.3. The number of fused-ring (bicyclic) bond motifs is 1. The quantitative estimate of drug-likeness (QED) is 0.407. The fourth-order valence-corrected chi connectivity index (χ4v) is 4.61. The van der Waals surface area contributed by atoms with Crippen molar-refractivity contribution in [2.45, 2.75) is 38.6 Å². The molecule has 0 unspecified atom stereocenters. The molecule has 0 spiro atoms. The van der Waals surface area contributed by atoms with Crippen molar-refractivity contribution in [3.63, 3.8) is 0 Å². The van der Waals surface area contributed by atoms with Gasteiger partial charge in [-0.05, 0) is 73.7 Å². The molecule has 33 heavy (non-hydrogen) atoms. The molecule has 6 nitrogen and oxygen atoms in total. The first-order valence-electron chi connectivity index (χ1n) is 10.9. The van der Waals surface area contributed by atoms with Crippen LogP contribution in [0, 0.1) is 25.2 Å². The van der Waals surface area contributed by atoms with Crippen molar-refractivity contribution in [1.82, 2.24) is 24.3 Å². The predicted octanol–water partition coefficient (Wildman–Crippen LogP) is 5.51. The van der Waals surface area contributed by atoms with Crippen LogP contribution in [0.1, 0.15) is 46.9 Å². The van der Waals surface area contributed by atoms with Crippen molar-refractivity contribution in [1.29, 1.82) is 5.26 Å². The Labute approximate surface area is 197 Å². The van der Waals surface area contributed by atoms with Crippen molar-refractivity contribution in [3.05, 3.63) is 94.0 Å². The van der Waals surface area contributed by atoms with E-state index in [1.54, 1.807) is 0 Å². The molecule has 2 aromatic carbocycles. The van der Waals surface area contributed by atoms with Crippen molar-refractivity contribution in [2.75, 3.05) is 0 Å². The number of nitrogens with zero attached hydrogens (tertiary/aromatic N) is 6. The molecular weight excluding hydrogens is 432 g/mol. The highest BCUT2D eigenvalue weighted by Gasteiger charge is 2.42. The highest BCUT2D eigenvalue weighted by Crippen LogP contribution is 2.39. The van der Waals surface area contributed by atoms with Crippen molar-refractivity contribution in [3.8, 4) is 11.8 Å². The topological polar surface area (TPSA) is 72.3 Å². The molecule has 0 radical (unpaired) electrons. The van der Waals surface area contributed by atoms with Gasteiger partial charge in [0, 0.05) is 23.5 Å². The van der Waals surface area contributed by atoms with Crippen LogP contribution >= 0.6 is 11.6 Å². The predicted molar refractivity (Wildman–Crippen MR) is 129 cm³/mol. The fourth-order valence-electron chi connectivity index (χ4n) is 4.48. The van der Waals surface area contributed by atoms with E-state index >= 15 is 0 Å². The molecular formula is C26H23ClN6. The summed E-state index contributed by atoms with van der Waals surface area (Å²) in [7, 11) is 0. The average molecular weight is 455 g/mol. The minimum absolute atomic E-state index is 0.604. The maximum absolute atomic E-state index is 10.2. The lowest BCUT2D eigenvalue weighted by atomic mass is 9.75. The van der Waals surface area contributed by atoms with Gasteiger partial charge in [-0.2, -0.15) is 10.4 Å². The van der Waals surface area contributed by atoms with Crippen LogP contribution in [0.4, 0.5) is 0 Å². The summed E-state index contributed by atoms with van der Waals surface area (Å²) in [5.74, 6) is 1.30. The van der Waals surface area contributed by atoms with Gasteiger partial charge in [-0.15, -0.1) is 0 Å². The maximum Gasteiger partial charge on any atom is 0.174 e. The molecule has 1 atom stereocenters. The minimum Gasteiger partial charge on any atom is -0.306 e. The van der Waals surface area contributed by atoms with Crippen LogP contribution in [0.25, 0.3) is 17.8 Å². The van der Waals surface area contributed by atoms with Gasteiger partial charge < -0.3 is 4.57 Å². The number of nitriles is 1. The molecule has 4 aromatic rings. The molecule has 1 aliphatic rings. The Morgan fingerprint density at radius 2 is 1.94 bits per heavy atom. The molecule has 0 N–H and O–H groups in total. The van der Waals surface area contributed by atoms with Gasteiger partial charge in [0.25, 0.3) is 0 Å². The number of imidazole rings is 1. The lowest BCUT2D eigenvalue weighted by Gasteiger charge is -2.30. The number of hydrogen-bond acceptors (Lipinski definition) is 4. The molecule has 164 valence electrons. The molecule has 1 aliphatic heterocycles. The van der Waals surface area contributed by atoms with Gasteiger partial charge in [0.1, 0.15) is 5.41 Å². The third-order valence-corrected chi connectivity index (χ3v) is 6.41. The first-order chi connectivity index (χ1) is 16.0. The second kappa shape index (κ2) is 8.34. The second-order valence-corrected chi connectivity index (χ2v) is 8.88. The molecule has 0 saturated carbocycles. The van der Waals surface area contributed by atoms with E-state index in [0.717, 1.165) is 41.0 Å². The number of rotatable bonds is 4. The van der Waals surface area contributed by atoms with Crippen molar-refractivity contribution < 1.29 is 0 Å². The summed E-state index contributed by atoms with van der Waals surface area (Å²) in [6.45, 7) is 4.82. The van der Waals surface area contributed by atoms with Crippen LogP contribution in [0.5, 0.6) is 0 Å². The standard InChI is InChI=1S/C26H23ClN6/c1-18-14-20(4-10-23(18)32-15-19(2)29-17-32)5-11-24-30-25-26(16-28,12-3-13-33(25)31-24)21-6-8-22(27)9-7-21/h4-11,14-15,17H,3,12-13H2,1-2H3/b11-5+/t26-/m1/s1. The number of hydrogen-bond donors (Lipinski definition) is 0. The molecule has 7 heteroatoms. The number of halogens is 1. The van der Waals surface area contributed by atoms with E-state index < -0.39 is 5.41 Å². The van der Waals surface area contributed by atoms with Crippen LogP contribution in [0.2, 0.25) is 5.02 Å². The largest absolute Gasteiger partial charge is 0.306 e. The highest BCUT2D eigenvalue weighted by molar-refractivity contribution is 6.30. The minimum atomic E-state index is -0.816. The fraction of sp³-hybridized carbons (Fsp3) is 0.231. The Kier molecular flexibility index (Phi) is 5.35. The Morgan fingerprint density at radius 1 is 1.12 bits per heavy atom. The van der Waals surface area contributed by atoms with Crippen LogP contribution in [-0.2, 0) is 12.0 Å². The molecule has 0 fully saturated rings. The van der Waals surface area contributed by atoms with Gasteiger partial charge in [-0.3, -0.25) is 0 Å². The molecule has 2 aromatic heterocycles. The Morgan fingerprint density at radius 3 is 2.64 bits per heavy atom. The normalized spacial score (nSPS) is 17.8. The van der Waals surface area contributed by atoms with E-state index in [4.69, 9.17) is 16.6 Å². The average Bonchev–Trinajstić information content (AvgIpc) is 3.44. The summed E-state index contributed by atoms with van der Waals surface area (Å²) >= 11 is 6.07. The van der Waals surface area contributed by atoms with Gasteiger partial charge >= 0.3 is 0 Å². The van der Waals surface area contributed by atoms with E-state index in [9.17, 15) is 5.26 Å². The summed E-state index contributed by atoms with van der Waals surface area (Å²) in [6, 6.07) is 16.3. The molecule has 0 amide bonds. The smallest absolute Gasteiger partial charge is 0.174 e. The number of aromatic nitrogens is 5. The third-order valence-electron chi connectivity index (χ3n) is 6.15. The highest BCUT2D eigenvalue weighted by atomic mass is 35.5. The summed E-state index contributed by atoms with van der Waals surface area (Å²) in [5.41, 5.74) is 4.39. The summed E-state index contributed by atoms with van der Waals surface area (Å²) in [5, 5.41) is 15.5. The maximum atomic E-state index is 10.2. The van der Waals surface area contributed by atoms with Gasteiger partial charge in [-0.25, -0.2) is 14.6 Å². The lowest BCUT2D eigenvalue weighted by molar-refractivity contribution is 0.393. The van der Waals surface area contributed by atoms with E-state index in [0.29, 0.717) is 23.1 Å². The van der Waals surface area contributed by atoms with Crippen LogP contribution in [0.3, 0.4) is 0 Å². The van der Waals surface area contributed by atoms with Gasteiger partial charge in [0.2, 0.25) is 0 Å². The zero-order chi connectivity index (χ0) is 23.0. The SMILES string of the molecule is Cc1cn(-c2ccc(/C=C/c3nc4n(n3)CCC[C@@]4(C#N)c3ccc(Cl)cc3)cc2C)cn1. The van der Waals surface area contributed by atoms with Gasteiger partial charge in [0.05, 0.1) is 18.1 Å².